The van der Waals surface area contributed by atoms with E-state index in [0.29, 0.717) is 12.8 Å². The summed E-state index contributed by atoms with van der Waals surface area (Å²) < 4.78 is 0. The number of aliphatic hydroxyl groups is 2. The first kappa shape index (κ1) is 59.4. The molecule has 0 spiro atoms. The minimum atomic E-state index is -0.655. The molecule has 0 aliphatic rings. The van der Waals surface area contributed by atoms with Gasteiger partial charge in [-0.05, 0) is 12.8 Å². The van der Waals surface area contributed by atoms with Crippen molar-refractivity contribution in [3.8, 4) is 0 Å². The summed E-state index contributed by atoms with van der Waals surface area (Å²) >= 11 is 0. The summed E-state index contributed by atoms with van der Waals surface area (Å²) in [5.74, 6) is -0.0220. The van der Waals surface area contributed by atoms with Crippen LogP contribution in [0, 0.1) is 0 Å². The highest BCUT2D eigenvalue weighted by Gasteiger charge is 2.20. The number of amides is 1. The molecule has 0 rings (SSSR count). The SMILES string of the molecule is CCCCCCCCCCCCCCCCCCCCCCCCCCCCC(O)C(CO)NC(=O)CCCCCCCCCCCCCCCCCCCCCCCC. The van der Waals surface area contributed by atoms with Gasteiger partial charge in [0, 0.05) is 6.42 Å². The van der Waals surface area contributed by atoms with Crippen molar-refractivity contribution < 1.29 is 15.0 Å². The minimum absolute atomic E-state index is 0.0220. The van der Waals surface area contributed by atoms with Crippen molar-refractivity contribution in [2.24, 2.45) is 0 Å². The second kappa shape index (κ2) is 52.7. The van der Waals surface area contributed by atoms with Crippen LogP contribution in [0.4, 0.5) is 0 Å². The van der Waals surface area contributed by atoms with Gasteiger partial charge in [0.1, 0.15) is 0 Å². The van der Waals surface area contributed by atoms with Gasteiger partial charge in [-0.15, -0.1) is 0 Å². The molecule has 4 nitrogen and oxygen atoms in total. The number of aliphatic hydroxyl groups excluding tert-OH is 2. The van der Waals surface area contributed by atoms with E-state index >= 15 is 0 Å². The summed E-state index contributed by atoms with van der Waals surface area (Å²) in [6.07, 6.45) is 66.6. The Morgan fingerprint density at radius 1 is 0.333 bits per heavy atom. The van der Waals surface area contributed by atoms with Crippen molar-refractivity contribution in [2.75, 3.05) is 6.61 Å². The minimum Gasteiger partial charge on any atom is -0.394 e. The first-order valence-electron chi connectivity index (χ1n) is 28.2. The zero-order valence-corrected chi connectivity index (χ0v) is 41.5. The lowest BCUT2D eigenvalue weighted by atomic mass is 10.0. The molecule has 0 radical (unpaired) electrons. The summed E-state index contributed by atoms with van der Waals surface area (Å²) in [7, 11) is 0. The maximum Gasteiger partial charge on any atom is 0.220 e. The molecule has 0 bridgehead atoms. The molecule has 2 atom stereocenters. The molecule has 0 saturated carbocycles. The van der Waals surface area contributed by atoms with Crippen LogP contribution in [-0.4, -0.2) is 34.9 Å². The second-order valence-corrected chi connectivity index (χ2v) is 19.7. The Bertz CT molecular complexity index is 788. The Morgan fingerprint density at radius 2 is 0.533 bits per heavy atom. The van der Waals surface area contributed by atoms with Gasteiger partial charge >= 0.3 is 0 Å². The molecule has 2 unspecified atom stereocenters. The predicted molar refractivity (Wildman–Crippen MR) is 267 cm³/mol. The Kier molecular flexibility index (Phi) is 52.2. The van der Waals surface area contributed by atoms with Gasteiger partial charge in [-0.3, -0.25) is 4.79 Å². The van der Waals surface area contributed by atoms with Gasteiger partial charge in [-0.25, -0.2) is 0 Å². The molecule has 0 heterocycles. The maximum absolute atomic E-state index is 12.5. The van der Waals surface area contributed by atoms with Gasteiger partial charge in [0.2, 0.25) is 5.91 Å². The van der Waals surface area contributed by atoms with Crippen LogP contribution in [0.1, 0.15) is 335 Å². The van der Waals surface area contributed by atoms with E-state index in [0.717, 1.165) is 25.7 Å². The third-order valence-corrected chi connectivity index (χ3v) is 13.6. The van der Waals surface area contributed by atoms with Gasteiger partial charge in [0.05, 0.1) is 18.8 Å². The van der Waals surface area contributed by atoms with E-state index in [-0.39, 0.29) is 12.5 Å². The lowest BCUT2D eigenvalue weighted by Gasteiger charge is -2.22. The summed E-state index contributed by atoms with van der Waals surface area (Å²) in [6.45, 7) is 4.41. The molecule has 0 aliphatic heterocycles. The van der Waals surface area contributed by atoms with Crippen molar-refractivity contribution in [3.05, 3.63) is 0 Å². The number of nitrogens with one attached hydrogen (secondary N) is 1. The number of carbonyl (C=O) groups excluding carboxylic acids is 1. The zero-order chi connectivity index (χ0) is 43.5. The monoisotopic (exact) mass is 848 g/mol. The quantitative estimate of drug-likeness (QED) is 0.0534. The normalized spacial score (nSPS) is 12.7. The van der Waals surface area contributed by atoms with Crippen LogP contribution >= 0.6 is 0 Å². The number of unbranched alkanes of at least 4 members (excludes halogenated alkanes) is 46. The van der Waals surface area contributed by atoms with Crippen molar-refractivity contribution in [2.45, 2.75) is 347 Å². The third-order valence-electron chi connectivity index (χ3n) is 13.6. The van der Waals surface area contributed by atoms with Gasteiger partial charge < -0.3 is 15.5 Å². The highest BCUT2D eigenvalue weighted by Crippen LogP contribution is 2.18. The largest absolute Gasteiger partial charge is 0.394 e. The molecule has 60 heavy (non-hydrogen) atoms. The first-order valence-corrected chi connectivity index (χ1v) is 28.2. The maximum atomic E-state index is 12.5. The molecule has 4 heteroatoms. The molecule has 1 amide bonds. The first-order chi connectivity index (χ1) is 29.7. The second-order valence-electron chi connectivity index (χ2n) is 19.7. The van der Waals surface area contributed by atoms with Crippen molar-refractivity contribution in [3.63, 3.8) is 0 Å². The fourth-order valence-corrected chi connectivity index (χ4v) is 9.31. The Morgan fingerprint density at radius 3 is 0.750 bits per heavy atom. The van der Waals surface area contributed by atoms with Crippen LogP contribution in [0.25, 0.3) is 0 Å². The highest BCUT2D eigenvalue weighted by molar-refractivity contribution is 5.76. The summed E-state index contributed by atoms with van der Waals surface area (Å²) in [5.41, 5.74) is 0. The van der Waals surface area contributed by atoms with Crippen LogP contribution in [0.15, 0.2) is 0 Å². The molecule has 0 aromatic carbocycles. The van der Waals surface area contributed by atoms with E-state index in [1.807, 2.05) is 0 Å². The fraction of sp³-hybridized carbons (Fsp3) is 0.982. The van der Waals surface area contributed by atoms with Crippen LogP contribution in [0.2, 0.25) is 0 Å². The molecular formula is C56H113NO3. The zero-order valence-electron chi connectivity index (χ0n) is 41.5. The van der Waals surface area contributed by atoms with E-state index in [1.165, 1.54) is 283 Å². The summed E-state index contributed by atoms with van der Waals surface area (Å²) in [6, 6.07) is -0.531. The molecule has 0 aliphatic carbocycles. The molecule has 0 aromatic heterocycles. The van der Waals surface area contributed by atoms with Crippen molar-refractivity contribution in [1.82, 2.24) is 5.32 Å². The topological polar surface area (TPSA) is 69.6 Å². The fourth-order valence-electron chi connectivity index (χ4n) is 9.31. The Balaban J connectivity index is 3.40. The number of hydrogen-bond acceptors (Lipinski definition) is 3. The smallest absolute Gasteiger partial charge is 0.220 e. The predicted octanol–water partition coefficient (Wildman–Crippen LogP) is 18.4. The summed E-state index contributed by atoms with van der Waals surface area (Å²) in [5, 5.41) is 23.4. The Hall–Kier alpha value is -0.610. The average molecular weight is 849 g/mol. The van der Waals surface area contributed by atoms with E-state index in [1.54, 1.807) is 0 Å². The number of rotatable bonds is 53. The molecule has 360 valence electrons. The van der Waals surface area contributed by atoms with Crippen molar-refractivity contribution >= 4 is 5.91 Å². The van der Waals surface area contributed by atoms with Crippen LogP contribution in [0.3, 0.4) is 0 Å². The van der Waals surface area contributed by atoms with Gasteiger partial charge in [0.15, 0.2) is 0 Å². The Labute approximate surface area is 378 Å². The van der Waals surface area contributed by atoms with E-state index < -0.39 is 12.1 Å². The van der Waals surface area contributed by atoms with Crippen molar-refractivity contribution in [1.29, 1.82) is 0 Å². The highest BCUT2D eigenvalue weighted by atomic mass is 16.3. The van der Waals surface area contributed by atoms with E-state index in [4.69, 9.17) is 0 Å². The molecular weight excluding hydrogens is 735 g/mol. The van der Waals surface area contributed by atoms with Gasteiger partial charge in [-0.1, -0.05) is 316 Å². The van der Waals surface area contributed by atoms with Gasteiger partial charge in [0.25, 0.3) is 0 Å². The molecule has 0 fully saturated rings. The summed E-state index contributed by atoms with van der Waals surface area (Å²) in [4.78, 5) is 12.5. The number of hydrogen-bond donors (Lipinski definition) is 3. The van der Waals surface area contributed by atoms with Crippen LogP contribution in [0.5, 0.6) is 0 Å². The van der Waals surface area contributed by atoms with Crippen LogP contribution in [-0.2, 0) is 4.79 Å². The van der Waals surface area contributed by atoms with Gasteiger partial charge in [-0.2, -0.15) is 0 Å². The lowest BCUT2D eigenvalue weighted by Crippen LogP contribution is -2.45. The molecule has 0 saturated heterocycles. The standard InChI is InChI=1S/C56H113NO3/c1-3-5-7-9-11-13-15-17-19-21-23-25-27-28-29-30-31-33-35-37-39-41-43-45-47-49-51-55(59)54(53-58)57-56(60)52-50-48-46-44-42-40-38-36-34-32-26-24-22-20-18-16-14-12-10-8-6-4-2/h54-55,58-59H,3-53H2,1-2H3,(H,57,60). The molecule has 0 aromatic rings. The van der Waals surface area contributed by atoms with E-state index in [2.05, 4.69) is 19.2 Å². The van der Waals surface area contributed by atoms with Crippen LogP contribution < -0.4 is 5.32 Å². The molecule has 3 N–H and O–H groups in total. The third kappa shape index (κ3) is 48.4. The average Bonchev–Trinajstić information content (AvgIpc) is 3.25. The lowest BCUT2D eigenvalue weighted by molar-refractivity contribution is -0.123. The number of carbonyl (C=O) groups is 1. The van der Waals surface area contributed by atoms with E-state index in [9.17, 15) is 15.0 Å².